The van der Waals surface area contributed by atoms with Crippen LogP contribution >= 0.6 is 11.8 Å². The maximum atomic E-state index is 12.6. The minimum Gasteiger partial charge on any atom is -0.497 e. The second kappa shape index (κ2) is 10.2. The molecule has 1 N–H and O–H groups in total. The molecule has 0 spiro atoms. The largest absolute Gasteiger partial charge is 0.497 e. The summed E-state index contributed by atoms with van der Waals surface area (Å²) in [5, 5.41) is 23.0. The van der Waals surface area contributed by atoms with Crippen LogP contribution in [0.1, 0.15) is 5.56 Å². The molecule has 172 valence electrons. The molecule has 10 heteroatoms. The van der Waals surface area contributed by atoms with E-state index in [1.54, 1.807) is 14.0 Å². The average Bonchev–Trinajstić information content (AvgIpc) is 3.28. The van der Waals surface area contributed by atoms with Gasteiger partial charge in [-0.3, -0.25) is 19.5 Å². The lowest BCUT2D eigenvalue weighted by atomic mass is 10.2. The van der Waals surface area contributed by atoms with Gasteiger partial charge in [0, 0.05) is 29.1 Å². The minimum absolute atomic E-state index is 0.0223. The van der Waals surface area contributed by atoms with E-state index >= 15 is 0 Å². The van der Waals surface area contributed by atoms with E-state index in [2.05, 4.69) is 15.5 Å². The number of carbonyl (C=O) groups excluding carboxylic acids is 1. The van der Waals surface area contributed by atoms with Gasteiger partial charge in [0.05, 0.1) is 17.8 Å². The van der Waals surface area contributed by atoms with Crippen LogP contribution in [0.15, 0.2) is 78.0 Å². The highest BCUT2D eigenvalue weighted by atomic mass is 32.2. The van der Waals surface area contributed by atoms with Gasteiger partial charge in [-0.15, -0.1) is 10.2 Å². The molecule has 0 saturated carbocycles. The van der Waals surface area contributed by atoms with Crippen LogP contribution in [0.5, 0.6) is 5.75 Å². The molecule has 4 rings (SSSR count). The first-order valence-corrected chi connectivity index (χ1v) is 11.3. The maximum Gasteiger partial charge on any atom is 0.269 e. The molecule has 0 fully saturated rings. The molecule has 1 aromatic heterocycles. The molecule has 1 amide bonds. The van der Waals surface area contributed by atoms with Gasteiger partial charge in [0.1, 0.15) is 5.75 Å². The zero-order valence-electron chi connectivity index (χ0n) is 18.5. The number of rotatable bonds is 8. The number of carbonyl (C=O) groups is 1. The van der Waals surface area contributed by atoms with Crippen molar-refractivity contribution >= 4 is 29.0 Å². The molecule has 9 nitrogen and oxygen atoms in total. The van der Waals surface area contributed by atoms with Gasteiger partial charge in [-0.05, 0) is 42.8 Å². The van der Waals surface area contributed by atoms with Crippen LogP contribution < -0.4 is 10.1 Å². The Hall–Kier alpha value is -4.18. The van der Waals surface area contributed by atoms with Crippen molar-refractivity contribution in [2.24, 2.45) is 0 Å². The molecule has 0 unspecified atom stereocenters. The van der Waals surface area contributed by atoms with Gasteiger partial charge < -0.3 is 10.1 Å². The van der Waals surface area contributed by atoms with Gasteiger partial charge in [-0.1, -0.05) is 42.1 Å². The van der Waals surface area contributed by atoms with Crippen molar-refractivity contribution in [1.82, 2.24) is 14.8 Å². The fraction of sp³-hybridized carbons (Fsp3) is 0.125. The van der Waals surface area contributed by atoms with Crippen molar-refractivity contribution in [2.45, 2.75) is 12.1 Å². The molecule has 0 saturated heterocycles. The zero-order chi connectivity index (χ0) is 24.1. The van der Waals surface area contributed by atoms with E-state index in [1.165, 1.54) is 30.0 Å². The second-order valence-corrected chi connectivity index (χ2v) is 8.24. The van der Waals surface area contributed by atoms with Gasteiger partial charge in [0.2, 0.25) is 5.91 Å². The summed E-state index contributed by atoms with van der Waals surface area (Å²) >= 11 is 1.25. The topological polar surface area (TPSA) is 112 Å². The number of hydrogen-bond donors (Lipinski definition) is 1. The summed E-state index contributed by atoms with van der Waals surface area (Å²) in [6, 6.07) is 21.5. The number of anilines is 1. The Morgan fingerprint density at radius 1 is 1.09 bits per heavy atom. The number of nitrogens with one attached hydrogen (secondary N) is 1. The lowest BCUT2D eigenvalue weighted by Crippen LogP contribution is -2.15. The molecule has 3 aromatic carbocycles. The van der Waals surface area contributed by atoms with Crippen LogP contribution in [0.4, 0.5) is 11.4 Å². The van der Waals surface area contributed by atoms with Gasteiger partial charge in [-0.25, -0.2) is 0 Å². The molecule has 0 atom stereocenters. The highest BCUT2D eigenvalue weighted by molar-refractivity contribution is 7.99. The van der Waals surface area contributed by atoms with Gasteiger partial charge >= 0.3 is 0 Å². The first kappa shape index (κ1) is 23.0. The second-order valence-electron chi connectivity index (χ2n) is 7.30. The molecule has 34 heavy (non-hydrogen) atoms. The maximum absolute atomic E-state index is 12.6. The Labute approximate surface area is 199 Å². The predicted molar refractivity (Wildman–Crippen MR) is 131 cm³/mol. The number of amides is 1. The number of ether oxygens (including phenoxy) is 1. The summed E-state index contributed by atoms with van der Waals surface area (Å²) in [7, 11) is 1.60. The molecule has 4 aromatic rings. The third-order valence-electron chi connectivity index (χ3n) is 5.00. The average molecular weight is 476 g/mol. The molecular formula is C24H21N5O4S. The lowest BCUT2D eigenvalue weighted by molar-refractivity contribution is -0.384. The Morgan fingerprint density at radius 3 is 2.59 bits per heavy atom. The third kappa shape index (κ3) is 5.07. The summed E-state index contributed by atoms with van der Waals surface area (Å²) in [4.78, 5) is 23.1. The van der Waals surface area contributed by atoms with E-state index in [1.807, 2.05) is 59.2 Å². The van der Waals surface area contributed by atoms with Gasteiger partial charge in [0.15, 0.2) is 11.0 Å². The van der Waals surface area contributed by atoms with E-state index in [-0.39, 0.29) is 17.3 Å². The number of para-hydroxylation sites is 1. The van der Waals surface area contributed by atoms with Crippen molar-refractivity contribution in [3.8, 4) is 22.8 Å². The van der Waals surface area contributed by atoms with Crippen LogP contribution in [-0.2, 0) is 4.79 Å². The fourth-order valence-electron chi connectivity index (χ4n) is 3.34. The minimum atomic E-state index is -0.467. The normalized spacial score (nSPS) is 10.6. The SMILES string of the molecule is COc1cccc(-c2nnc(SCC(=O)Nc3ccc([N+](=O)[O-])cc3C)n2-c2ccccc2)c1. The first-order valence-electron chi connectivity index (χ1n) is 10.3. The highest BCUT2D eigenvalue weighted by Crippen LogP contribution is 2.30. The van der Waals surface area contributed by atoms with E-state index in [0.717, 1.165) is 11.3 Å². The van der Waals surface area contributed by atoms with Crippen molar-refractivity contribution in [3.63, 3.8) is 0 Å². The standard InChI is InChI=1S/C24H21N5O4S/c1-16-13-19(29(31)32)11-12-21(16)25-22(30)15-34-24-27-26-23(17-7-6-10-20(14-17)33-2)28(24)18-8-4-3-5-9-18/h3-14H,15H2,1-2H3,(H,25,30). The Kier molecular flexibility index (Phi) is 6.88. The molecule has 0 aliphatic carbocycles. The number of nitrogens with zero attached hydrogens (tertiary/aromatic N) is 4. The first-order chi connectivity index (χ1) is 16.5. The van der Waals surface area contributed by atoms with Crippen molar-refractivity contribution in [2.75, 3.05) is 18.2 Å². The van der Waals surface area contributed by atoms with Crippen LogP contribution in [0.2, 0.25) is 0 Å². The highest BCUT2D eigenvalue weighted by Gasteiger charge is 2.18. The number of nitro groups is 1. The Balaban J connectivity index is 1.57. The van der Waals surface area contributed by atoms with E-state index < -0.39 is 4.92 Å². The summed E-state index contributed by atoms with van der Waals surface area (Å²) in [6.45, 7) is 1.71. The monoisotopic (exact) mass is 475 g/mol. The molecule has 0 aliphatic heterocycles. The number of aromatic nitrogens is 3. The van der Waals surface area contributed by atoms with Crippen LogP contribution in [-0.4, -0.2) is 38.5 Å². The Bertz CT molecular complexity index is 1340. The van der Waals surface area contributed by atoms with Crippen LogP contribution in [0.3, 0.4) is 0 Å². The molecule has 0 radical (unpaired) electrons. The number of aryl methyl sites for hydroxylation is 1. The van der Waals surface area contributed by atoms with Crippen LogP contribution in [0.25, 0.3) is 17.1 Å². The number of nitro benzene ring substituents is 1. The third-order valence-corrected chi connectivity index (χ3v) is 5.93. The summed E-state index contributed by atoms with van der Waals surface area (Å²) < 4.78 is 7.23. The molecule has 1 heterocycles. The lowest BCUT2D eigenvalue weighted by Gasteiger charge is -2.11. The van der Waals surface area contributed by atoms with Crippen LogP contribution in [0, 0.1) is 17.0 Å². The van der Waals surface area contributed by atoms with E-state index in [4.69, 9.17) is 4.74 Å². The van der Waals surface area contributed by atoms with Gasteiger partial charge in [0.25, 0.3) is 5.69 Å². The van der Waals surface area contributed by atoms with Gasteiger partial charge in [-0.2, -0.15) is 0 Å². The van der Waals surface area contributed by atoms with E-state index in [9.17, 15) is 14.9 Å². The van der Waals surface area contributed by atoms with Crippen molar-refractivity contribution in [1.29, 1.82) is 0 Å². The smallest absolute Gasteiger partial charge is 0.269 e. The summed E-state index contributed by atoms with van der Waals surface area (Å²) in [5.41, 5.74) is 2.80. The quantitative estimate of drug-likeness (QED) is 0.219. The predicted octanol–water partition coefficient (Wildman–Crippen LogP) is 4.89. The number of hydrogen-bond acceptors (Lipinski definition) is 7. The molecular weight excluding hydrogens is 454 g/mol. The summed E-state index contributed by atoms with van der Waals surface area (Å²) in [6.07, 6.45) is 0. The number of benzene rings is 3. The molecule has 0 bridgehead atoms. The molecule has 0 aliphatic rings. The number of non-ortho nitro benzene ring substituents is 1. The van der Waals surface area contributed by atoms with Crippen molar-refractivity contribution < 1.29 is 14.5 Å². The number of methoxy groups -OCH3 is 1. The fourth-order valence-corrected chi connectivity index (χ4v) is 4.09. The van der Waals surface area contributed by atoms with E-state index in [0.29, 0.717) is 28.0 Å². The summed E-state index contributed by atoms with van der Waals surface area (Å²) in [5.74, 6) is 1.15. The van der Waals surface area contributed by atoms with Crippen molar-refractivity contribution in [3.05, 3.63) is 88.5 Å². The number of thioether (sulfide) groups is 1. The zero-order valence-corrected chi connectivity index (χ0v) is 19.3. The Morgan fingerprint density at radius 2 is 1.88 bits per heavy atom.